The molecule has 2 rings (SSSR count). The van der Waals surface area contributed by atoms with Crippen LogP contribution in [0.25, 0.3) is 0 Å². The highest BCUT2D eigenvalue weighted by molar-refractivity contribution is 7.98. The van der Waals surface area contributed by atoms with Gasteiger partial charge < -0.3 is 14.5 Å². The lowest BCUT2D eigenvalue weighted by Crippen LogP contribution is -2.16. The molecule has 0 aromatic carbocycles. The van der Waals surface area contributed by atoms with Gasteiger partial charge in [-0.1, -0.05) is 11.8 Å². The Kier molecular flexibility index (Phi) is 4.07. The number of thioether (sulfide) groups is 1. The fourth-order valence-electron chi connectivity index (χ4n) is 1.36. The molecule has 0 saturated heterocycles. The van der Waals surface area contributed by atoms with Gasteiger partial charge in [0.2, 0.25) is 5.76 Å². The first-order valence-corrected chi connectivity index (χ1v) is 6.37. The van der Waals surface area contributed by atoms with Crippen LogP contribution in [0.4, 0.5) is 13.2 Å². The number of H-pyrrole nitrogens is 1. The summed E-state index contributed by atoms with van der Waals surface area (Å²) in [7, 11) is 0. The first-order valence-electron chi connectivity index (χ1n) is 5.39. The van der Waals surface area contributed by atoms with Gasteiger partial charge >= 0.3 is 12.1 Å². The molecular formula is C11H7F3N2O4S. The van der Waals surface area contributed by atoms with E-state index < -0.39 is 23.4 Å². The van der Waals surface area contributed by atoms with E-state index in [0.29, 0.717) is 6.07 Å². The third-order valence-electron chi connectivity index (χ3n) is 2.23. The second kappa shape index (κ2) is 5.64. The predicted octanol–water partition coefficient (Wildman–Crippen LogP) is 2.37. The van der Waals surface area contributed by atoms with Gasteiger partial charge in [-0.25, -0.2) is 9.78 Å². The Hall–Kier alpha value is -2.23. The number of aromatic nitrogens is 2. The Morgan fingerprint density at radius 2 is 2.14 bits per heavy atom. The van der Waals surface area contributed by atoms with Crippen LogP contribution >= 0.6 is 11.8 Å². The second-order valence-corrected chi connectivity index (χ2v) is 4.76. The first kappa shape index (κ1) is 15.2. The van der Waals surface area contributed by atoms with Crippen molar-refractivity contribution in [1.29, 1.82) is 0 Å². The normalized spacial score (nSPS) is 11.6. The molecule has 2 N–H and O–H groups in total. The van der Waals surface area contributed by atoms with E-state index >= 15 is 0 Å². The van der Waals surface area contributed by atoms with Gasteiger partial charge in [-0.3, -0.25) is 4.79 Å². The summed E-state index contributed by atoms with van der Waals surface area (Å²) in [5.74, 6) is -1.28. The maximum atomic E-state index is 12.5. The topological polar surface area (TPSA) is 96.2 Å². The van der Waals surface area contributed by atoms with Gasteiger partial charge in [-0.05, 0) is 12.1 Å². The Morgan fingerprint density at radius 3 is 2.71 bits per heavy atom. The number of furan rings is 1. The molecule has 6 nitrogen and oxygen atoms in total. The lowest BCUT2D eigenvalue weighted by Gasteiger charge is -2.06. The molecule has 10 heteroatoms. The molecule has 0 aliphatic carbocycles. The number of halogens is 3. The van der Waals surface area contributed by atoms with Crippen LogP contribution in [-0.2, 0) is 11.9 Å². The van der Waals surface area contributed by atoms with Crippen molar-refractivity contribution in [3.8, 4) is 0 Å². The smallest absolute Gasteiger partial charge is 0.433 e. The summed E-state index contributed by atoms with van der Waals surface area (Å²) in [6.07, 6.45) is -4.72. The number of carbonyl (C=O) groups is 1. The number of carboxylic acids is 1. The molecular weight excluding hydrogens is 313 g/mol. The van der Waals surface area contributed by atoms with Crippen molar-refractivity contribution in [2.75, 3.05) is 0 Å². The minimum atomic E-state index is -4.72. The molecule has 0 unspecified atom stereocenters. The number of nitrogens with one attached hydrogen (secondary N) is 1. The Balaban J connectivity index is 2.14. The molecule has 0 fully saturated rings. The standard InChI is InChI=1S/C11H7F3N2O4S/c12-11(13,14)7-3-8(17)16-10(15-7)21-4-5-1-2-6(20-5)9(18)19/h1-3H,4H2,(H,18,19)(H,15,16,17). The van der Waals surface area contributed by atoms with E-state index in [-0.39, 0.29) is 22.4 Å². The number of nitrogens with zero attached hydrogens (tertiary/aromatic N) is 1. The summed E-state index contributed by atoms with van der Waals surface area (Å²) in [6, 6.07) is 2.96. The summed E-state index contributed by atoms with van der Waals surface area (Å²) in [6.45, 7) is 0. The summed E-state index contributed by atoms with van der Waals surface area (Å²) in [4.78, 5) is 27.2. The van der Waals surface area contributed by atoms with Gasteiger partial charge in [0.1, 0.15) is 5.76 Å². The molecule has 21 heavy (non-hydrogen) atoms. The van der Waals surface area contributed by atoms with Crippen LogP contribution in [-0.4, -0.2) is 21.0 Å². The summed E-state index contributed by atoms with van der Waals surface area (Å²) >= 11 is 0.790. The molecule has 0 saturated carbocycles. The molecule has 0 amide bonds. The van der Waals surface area contributed by atoms with E-state index in [2.05, 4.69) is 9.97 Å². The molecule has 0 aliphatic heterocycles. The van der Waals surface area contributed by atoms with Crippen molar-refractivity contribution in [2.24, 2.45) is 0 Å². The molecule has 0 bridgehead atoms. The molecule has 0 radical (unpaired) electrons. The monoisotopic (exact) mass is 320 g/mol. The van der Waals surface area contributed by atoms with Crippen LogP contribution in [0.3, 0.4) is 0 Å². The number of hydrogen-bond donors (Lipinski definition) is 2. The largest absolute Gasteiger partial charge is 0.475 e. The van der Waals surface area contributed by atoms with Crippen molar-refractivity contribution in [1.82, 2.24) is 9.97 Å². The number of rotatable bonds is 4. The third-order valence-corrected chi connectivity index (χ3v) is 3.13. The van der Waals surface area contributed by atoms with Crippen molar-refractivity contribution in [2.45, 2.75) is 17.1 Å². The fourth-order valence-corrected chi connectivity index (χ4v) is 2.13. The number of carboxylic acid groups (broad SMARTS) is 1. The van der Waals surface area contributed by atoms with Crippen LogP contribution < -0.4 is 5.56 Å². The highest BCUT2D eigenvalue weighted by Crippen LogP contribution is 2.28. The van der Waals surface area contributed by atoms with E-state index in [9.17, 15) is 22.8 Å². The van der Waals surface area contributed by atoms with Crippen LogP contribution in [0.5, 0.6) is 0 Å². The average Bonchev–Trinajstić information content (AvgIpc) is 2.83. The van der Waals surface area contributed by atoms with E-state index in [1.165, 1.54) is 12.1 Å². The predicted molar refractivity (Wildman–Crippen MR) is 65.1 cm³/mol. The second-order valence-electron chi connectivity index (χ2n) is 3.79. The number of aromatic amines is 1. The van der Waals surface area contributed by atoms with E-state index in [1.807, 2.05) is 0 Å². The molecule has 0 spiro atoms. The highest BCUT2D eigenvalue weighted by Gasteiger charge is 2.33. The Morgan fingerprint density at radius 1 is 1.43 bits per heavy atom. The quantitative estimate of drug-likeness (QED) is 0.663. The maximum absolute atomic E-state index is 12.5. The molecule has 2 heterocycles. The van der Waals surface area contributed by atoms with E-state index in [4.69, 9.17) is 9.52 Å². The zero-order valence-electron chi connectivity index (χ0n) is 10.1. The van der Waals surface area contributed by atoms with Gasteiger partial charge in [-0.2, -0.15) is 13.2 Å². The van der Waals surface area contributed by atoms with Gasteiger partial charge in [0, 0.05) is 6.07 Å². The summed E-state index contributed by atoms with van der Waals surface area (Å²) in [5.41, 5.74) is -2.22. The Bertz CT molecular complexity index is 723. The minimum Gasteiger partial charge on any atom is -0.475 e. The highest BCUT2D eigenvalue weighted by atomic mass is 32.2. The first-order chi connectivity index (χ1) is 9.75. The van der Waals surface area contributed by atoms with E-state index in [0.717, 1.165) is 11.8 Å². The van der Waals surface area contributed by atoms with Crippen LogP contribution in [0, 0.1) is 0 Å². The minimum absolute atomic E-state index is 0.0253. The number of hydrogen-bond acceptors (Lipinski definition) is 5. The van der Waals surface area contributed by atoms with Gasteiger partial charge in [-0.15, -0.1) is 0 Å². The van der Waals surface area contributed by atoms with Crippen LogP contribution in [0.1, 0.15) is 22.0 Å². The molecule has 2 aromatic heterocycles. The third kappa shape index (κ3) is 3.88. The van der Waals surface area contributed by atoms with Crippen molar-refractivity contribution in [3.63, 3.8) is 0 Å². The number of aromatic carboxylic acids is 1. The van der Waals surface area contributed by atoms with E-state index in [1.54, 1.807) is 0 Å². The van der Waals surface area contributed by atoms with Gasteiger partial charge in [0.05, 0.1) is 5.75 Å². The van der Waals surface area contributed by atoms with Crippen molar-refractivity contribution >= 4 is 17.7 Å². The zero-order valence-corrected chi connectivity index (χ0v) is 10.9. The molecule has 0 aliphatic rings. The molecule has 0 atom stereocenters. The van der Waals surface area contributed by atoms with Gasteiger partial charge in [0.15, 0.2) is 10.9 Å². The SMILES string of the molecule is O=C(O)c1ccc(CSc2nc(C(F)(F)F)cc(=O)[nH]2)o1. The summed E-state index contributed by atoms with van der Waals surface area (Å²) < 4.78 is 42.4. The lowest BCUT2D eigenvalue weighted by molar-refractivity contribution is -0.141. The van der Waals surface area contributed by atoms with Crippen molar-refractivity contribution < 1.29 is 27.5 Å². The molecule has 2 aromatic rings. The fraction of sp³-hybridized carbons (Fsp3) is 0.182. The Labute approximate surface area is 119 Å². The van der Waals surface area contributed by atoms with Crippen molar-refractivity contribution in [3.05, 3.63) is 45.8 Å². The summed E-state index contributed by atoms with van der Waals surface area (Å²) in [5, 5.41) is 8.43. The maximum Gasteiger partial charge on any atom is 0.433 e. The number of alkyl halides is 3. The average molecular weight is 320 g/mol. The van der Waals surface area contributed by atoms with Gasteiger partial charge in [0.25, 0.3) is 5.56 Å². The van der Waals surface area contributed by atoms with Crippen LogP contribution in [0.2, 0.25) is 0 Å². The zero-order chi connectivity index (χ0) is 15.6. The molecule has 112 valence electrons. The lowest BCUT2D eigenvalue weighted by atomic mass is 10.4. The van der Waals surface area contributed by atoms with Crippen LogP contribution in [0.15, 0.2) is 32.6 Å².